The number of hydrogen-bond donors (Lipinski definition) is 1. The molecule has 0 aliphatic rings. The Morgan fingerprint density at radius 1 is 0.842 bits per heavy atom. The van der Waals surface area contributed by atoms with E-state index in [2.05, 4.69) is 5.32 Å². The standard InChI is InChI=1S/C28H34N2O7S/c1-5-37-24-14-10-22(11-15-24)30(38(32,33)25-16-17-26(35-3)27(19-25)36-4)20-28(31)29-18-6-7-21-8-12-23(34-2)13-9-21/h8-17,19H,5-7,18,20H2,1-4H3,(H,29,31). The van der Waals surface area contributed by atoms with Crippen LogP contribution in [-0.4, -0.2) is 55.4 Å². The number of nitrogens with zero attached hydrogens (tertiary/aromatic N) is 1. The van der Waals surface area contributed by atoms with Gasteiger partial charge in [0, 0.05) is 12.6 Å². The number of hydrogen-bond acceptors (Lipinski definition) is 7. The molecule has 0 heterocycles. The summed E-state index contributed by atoms with van der Waals surface area (Å²) in [6, 6.07) is 18.6. The highest BCUT2D eigenvalue weighted by atomic mass is 32.2. The van der Waals surface area contributed by atoms with E-state index in [1.807, 2.05) is 31.2 Å². The molecular formula is C28H34N2O7S. The second kappa shape index (κ2) is 13.6. The number of anilines is 1. The number of ether oxygens (including phenoxy) is 4. The van der Waals surface area contributed by atoms with Crippen molar-refractivity contribution in [2.75, 3.05) is 45.3 Å². The molecule has 0 atom stereocenters. The van der Waals surface area contributed by atoms with E-state index in [1.165, 1.54) is 32.4 Å². The van der Waals surface area contributed by atoms with E-state index < -0.39 is 22.5 Å². The Balaban J connectivity index is 1.76. The molecule has 38 heavy (non-hydrogen) atoms. The van der Waals surface area contributed by atoms with Crippen LogP contribution in [0.4, 0.5) is 5.69 Å². The maximum absolute atomic E-state index is 13.7. The Morgan fingerprint density at radius 2 is 1.50 bits per heavy atom. The average molecular weight is 543 g/mol. The minimum absolute atomic E-state index is 0.0312. The fraction of sp³-hybridized carbons (Fsp3) is 0.321. The number of carbonyl (C=O) groups excluding carboxylic acids is 1. The number of aryl methyl sites for hydroxylation is 1. The number of methoxy groups -OCH3 is 3. The van der Waals surface area contributed by atoms with Crippen molar-refractivity contribution in [2.24, 2.45) is 0 Å². The van der Waals surface area contributed by atoms with Gasteiger partial charge in [-0.3, -0.25) is 9.10 Å². The van der Waals surface area contributed by atoms with E-state index in [9.17, 15) is 13.2 Å². The van der Waals surface area contributed by atoms with Crippen molar-refractivity contribution in [3.63, 3.8) is 0 Å². The summed E-state index contributed by atoms with van der Waals surface area (Å²) in [6.07, 6.45) is 1.46. The molecule has 0 spiro atoms. The summed E-state index contributed by atoms with van der Waals surface area (Å²) < 4.78 is 49.7. The maximum Gasteiger partial charge on any atom is 0.264 e. The minimum atomic E-state index is -4.13. The third kappa shape index (κ3) is 7.32. The van der Waals surface area contributed by atoms with Crippen molar-refractivity contribution in [3.05, 3.63) is 72.3 Å². The van der Waals surface area contributed by atoms with Crippen LogP contribution in [0.2, 0.25) is 0 Å². The monoisotopic (exact) mass is 542 g/mol. The summed E-state index contributed by atoms with van der Waals surface area (Å²) in [7, 11) is 0.388. The van der Waals surface area contributed by atoms with Crippen molar-refractivity contribution < 1.29 is 32.2 Å². The zero-order chi connectivity index (χ0) is 27.5. The lowest BCUT2D eigenvalue weighted by atomic mass is 10.1. The van der Waals surface area contributed by atoms with Crippen molar-refractivity contribution >= 4 is 21.6 Å². The molecule has 204 valence electrons. The summed E-state index contributed by atoms with van der Waals surface area (Å²) in [5.74, 6) is 1.63. The molecule has 9 nitrogen and oxygen atoms in total. The third-order valence-electron chi connectivity index (χ3n) is 5.79. The summed E-state index contributed by atoms with van der Waals surface area (Å²) in [6.45, 7) is 2.35. The number of amides is 1. The second-order valence-electron chi connectivity index (χ2n) is 8.26. The van der Waals surface area contributed by atoms with Crippen molar-refractivity contribution in [3.8, 4) is 23.0 Å². The highest BCUT2D eigenvalue weighted by molar-refractivity contribution is 7.92. The summed E-state index contributed by atoms with van der Waals surface area (Å²) >= 11 is 0. The predicted molar refractivity (Wildman–Crippen MR) is 146 cm³/mol. The van der Waals surface area contributed by atoms with Crippen molar-refractivity contribution in [1.82, 2.24) is 5.32 Å². The van der Waals surface area contributed by atoms with Gasteiger partial charge >= 0.3 is 0 Å². The van der Waals surface area contributed by atoms with Crippen molar-refractivity contribution in [1.29, 1.82) is 0 Å². The van der Waals surface area contributed by atoms with Crippen LogP contribution in [0, 0.1) is 0 Å². The van der Waals surface area contributed by atoms with Gasteiger partial charge in [0.05, 0.1) is 38.5 Å². The normalized spacial score (nSPS) is 10.9. The zero-order valence-electron chi connectivity index (χ0n) is 22.1. The fourth-order valence-corrected chi connectivity index (χ4v) is 5.23. The SMILES string of the molecule is CCOc1ccc(N(CC(=O)NCCCc2ccc(OC)cc2)S(=O)(=O)c2ccc(OC)c(OC)c2)cc1. The minimum Gasteiger partial charge on any atom is -0.497 e. The molecule has 1 N–H and O–H groups in total. The smallest absolute Gasteiger partial charge is 0.264 e. The van der Waals surface area contributed by atoms with Crippen LogP contribution < -0.4 is 28.6 Å². The van der Waals surface area contributed by atoms with Gasteiger partial charge in [0.25, 0.3) is 10.0 Å². The summed E-state index contributed by atoms with van der Waals surface area (Å²) in [4.78, 5) is 12.9. The largest absolute Gasteiger partial charge is 0.497 e. The second-order valence-corrected chi connectivity index (χ2v) is 10.1. The maximum atomic E-state index is 13.7. The first-order valence-electron chi connectivity index (χ1n) is 12.2. The molecule has 0 saturated heterocycles. The fourth-order valence-electron chi connectivity index (χ4n) is 3.79. The first kappa shape index (κ1) is 28.6. The van der Waals surface area contributed by atoms with Gasteiger partial charge in [-0.25, -0.2) is 8.42 Å². The van der Waals surface area contributed by atoms with Crippen LogP contribution in [0.1, 0.15) is 18.9 Å². The van der Waals surface area contributed by atoms with E-state index in [0.29, 0.717) is 36.8 Å². The highest BCUT2D eigenvalue weighted by Crippen LogP contribution is 2.32. The first-order valence-corrected chi connectivity index (χ1v) is 13.6. The molecule has 0 aliphatic carbocycles. The number of sulfonamides is 1. The Hall–Kier alpha value is -3.92. The molecule has 3 aromatic rings. The van der Waals surface area contributed by atoms with Gasteiger partial charge in [-0.1, -0.05) is 12.1 Å². The van der Waals surface area contributed by atoms with E-state index in [1.54, 1.807) is 31.4 Å². The lowest BCUT2D eigenvalue weighted by Crippen LogP contribution is -2.41. The molecule has 0 unspecified atom stereocenters. The molecule has 0 saturated carbocycles. The molecule has 0 aliphatic heterocycles. The third-order valence-corrected chi connectivity index (χ3v) is 7.56. The molecule has 0 aromatic heterocycles. The first-order chi connectivity index (χ1) is 18.3. The van der Waals surface area contributed by atoms with Gasteiger partial charge in [-0.15, -0.1) is 0 Å². The summed E-state index contributed by atoms with van der Waals surface area (Å²) in [5, 5.41) is 2.83. The predicted octanol–water partition coefficient (Wildman–Crippen LogP) is 4.06. The van der Waals surface area contributed by atoms with Crippen LogP contribution in [0.5, 0.6) is 23.0 Å². The Labute approximate surface area is 224 Å². The number of rotatable bonds is 14. The van der Waals surface area contributed by atoms with Gasteiger partial charge in [0.2, 0.25) is 5.91 Å². The Morgan fingerprint density at radius 3 is 2.11 bits per heavy atom. The highest BCUT2D eigenvalue weighted by Gasteiger charge is 2.28. The zero-order valence-corrected chi connectivity index (χ0v) is 22.9. The topological polar surface area (TPSA) is 103 Å². The van der Waals surface area contributed by atoms with Crippen LogP contribution in [-0.2, 0) is 21.2 Å². The average Bonchev–Trinajstić information content (AvgIpc) is 2.94. The quantitative estimate of drug-likeness (QED) is 0.307. The molecule has 10 heteroatoms. The Bertz CT molecular complexity index is 1290. The van der Waals surface area contributed by atoms with Gasteiger partial charge < -0.3 is 24.3 Å². The molecule has 1 amide bonds. The molecule has 0 bridgehead atoms. The molecular weight excluding hydrogens is 508 g/mol. The lowest BCUT2D eigenvalue weighted by molar-refractivity contribution is -0.119. The molecule has 0 fully saturated rings. The molecule has 3 rings (SSSR count). The molecule has 3 aromatic carbocycles. The van der Waals surface area contributed by atoms with E-state index in [-0.39, 0.29) is 10.6 Å². The number of carbonyl (C=O) groups is 1. The van der Waals surface area contributed by atoms with Gasteiger partial charge in [-0.05, 0) is 73.9 Å². The van der Waals surface area contributed by atoms with Crippen LogP contribution in [0.25, 0.3) is 0 Å². The van der Waals surface area contributed by atoms with Gasteiger partial charge in [-0.2, -0.15) is 0 Å². The van der Waals surface area contributed by atoms with Gasteiger partial charge in [0.1, 0.15) is 18.0 Å². The van der Waals surface area contributed by atoms with E-state index >= 15 is 0 Å². The molecule has 0 radical (unpaired) electrons. The Kier molecular flexibility index (Phi) is 10.2. The number of nitrogens with one attached hydrogen (secondary N) is 1. The van der Waals surface area contributed by atoms with Crippen molar-refractivity contribution in [2.45, 2.75) is 24.7 Å². The van der Waals surface area contributed by atoms with Crippen LogP contribution in [0.3, 0.4) is 0 Å². The van der Waals surface area contributed by atoms with Gasteiger partial charge in [0.15, 0.2) is 11.5 Å². The number of benzene rings is 3. The summed E-state index contributed by atoms with van der Waals surface area (Å²) in [5.41, 5.74) is 1.45. The van der Waals surface area contributed by atoms with E-state index in [0.717, 1.165) is 22.0 Å². The lowest BCUT2D eigenvalue weighted by Gasteiger charge is -2.24. The van der Waals surface area contributed by atoms with Crippen LogP contribution >= 0.6 is 0 Å². The van der Waals surface area contributed by atoms with E-state index in [4.69, 9.17) is 18.9 Å². The van der Waals surface area contributed by atoms with Crippen LogP contribution in [0.15, 0.2) is 71.6 Å².